The molecule has 0 fully saturated rings. The van der Waals surface area contributed by atoms with E-state index in [0.717, 1.165) is 26.8 Å². The van der Waals surface area contributed by atoms with Crippen molar-refractivity contribution in [3.8, 4) is 22.9 Å². The molecule has 7 nitrogen and oxygen atoms in total. The molecule has 2 aromatic heterocycles. The van der Waals surface area contributed by atoms with E-state index in [9.17, 15) is 5.11 Å². The third-order valence-corrected chi connectivity index (χ3v) is 5.13. The van der Waals surface area contributed by atoms with Crippen molar-refractivity contribution in [1.29, 1.82) is 0 Å². The highest BCUT2D eigenvalue weighted by molar-refractivity contribution is 7.17. The van der Waals surface area contributed by atoms with Gasteiger partial charge in [-0.2, -0.15) is 9.61 Å². The number of phenolic OH excluding ortho intramolecular Hbond substituents is 1. The molecule has 0 bridgehead atoms. The van der Waals surface area contributed by atoms with Gasteiger partial charge in [0.1, 0.15) is 5.01 Å². The molecule has 142 valence electrons. The average molecular weight is 393 g/mol. The summed E-state index contributed by atoms with van der Waals surface area (Å²) in [4.78, 5) is 2.78. The van der Waals surface area contributed by atoms with E-state index in [0.29, 0.717) is 11.6 Å². The second-order valence-electron chi connectivity index (χ2n) is 6.36. The van der Waals surface area contributed by atoms with Gasteiger partial charge in [0, 0.05) is 25.3 Å². The van der Waals surface area contributed by atoms with Crippen LogP contribution in [0.15, 0.2) is 42.5 Å². The number of nitrogens with zero attached hydrogens (tertiary/aromatic N) is 5. The Hall–Kier alpha value is -3.39. The Kier molecular flexibility index (Phi) is 4.70. The second kappa shape index (κ2) is 7.32. The van der Waals surface area contributed by atoms with Crippen LogP contribution >= 0.6 is 11.3 Å². The van der Waals surface area contributed by atoms with E-state index < -0.39 is 0 Å². The molecule has 0 aliphatic carbocycles. The fourth-order valence-corrected chi connectivity index (χ4v) is 3.49. The number of ether oxygens (including phenoxy) is 1. The van der Waals surface area contributed by atoms with Gasteiger partial charge in [0.15, 0.2) is 17.3 Å². The van der Waals surface area contributed by atoms with Crippen LogP contribution in [0.1, 0.15) is 10.6 Å². The Morgan fingerprint density at radius 1 is 1.07 bits per heavy atom. The molecule has 4 aromatic rings. The Morgan fingerprint density at radius 3 is 2.57 bits per heavy atom. The molecule has 4 rings (SSSR count). The Bertz CT molecular complexity index is 1150. The Labute approximate surface area is 166 Å². The molecule has 0 spiro atoms. The molecule has 0 aliphatic rings. The molecule has 0 radical (unpaired) electrons. The molecule has 8 heteroatoms. The minimum absolute atomic E-state index is 0.114. The highest BCUT2D eigenvalue weighted by Gasteiger charge is 2.12. The number of hydrogen-bond acceptors (Lipinski definition) is 7. The Balaban J connectivity index is 1.62. The molecular formula is C20H19N5O2S. The van der Waals surface area contributed by atoms with Crippen LogP contribution in [-0.2, 0) is 0 Å². The van der Waals surface area contributed by atoms with E-state index in [-0.39, 0.29) is 5.75 Å². The van der Waals surface area contributed by atoms with Crippen LogP contribution in [0, 0.1) is 0 Å². The zero-order chi connectivity index (χ0) is 19.7. The molecule has 0 saturated carbocycles. The fraction of sp³-hybridized carbons (Fsp3) is 0.150. The van der Waals surface area contributed by atoms with Crippen molar-refractivity contribution in [3.63, 3.8) is 0 Å². The van der Waals surface area contributed by atoms with Gasteiger partial charge in [-0.25, -0.2) is 0 Å². The number of benzene rings is 2. The number of methoxy groups -OCH3 is 1. The highest BCUT2D eigenvalue weighted by Crippen LogP contribution is 2.28. The first-order valence-corrected chi connectivity index (χ1v) is 9.42. The predicted octanol–water partition coefficient (Wildman–Crippen LogP) is 3.80. The lowest BCUT2D eigenvalue weighted by Gasteiger charge is -2.11. The lowest BCUT2D eigenvalue weighted by molar-refractivity contribution is 0.373. The van der Waals surface area contributed by atoms with Crippen LogP contribution in [0.25, 0.3) is 28.5 Å². The van der Waals surface area contributed by atoms with Gasteiger partial charge < -0.3 is 14.7 Å². The van der Waals surface area contributed by atoms with Gasteiger partial charge in [-0.15, -0.1) is 10.2 Å². The highest BCUT2D eigenvalue weighted by atomic mass is 32.1. The molecule has 1 N–H and O–H groups in total. The molecule has 28 heavy (non-hydrogen) atoms. The quantitative estimate of drug-likeness (QED) is 0.556. The smallest absolute Gasteiger partial charge is 0.235 e. The third kappa shape index (κ3) is 3.41. The zero-order valence-corrected chi connectivity index (χ0v) is 16.5. The molecule has 0 amide bonds. The van der Waals surface area contributed by atoms with Crippen molar-refractivity contribution < 1.29 is 9.84 Å². The van der Waals surface area contributed by atoms with Crippen LogP contribution in [0.5, 0.6) is 11.5 Å². The molecule has 0 aliphatic heterocycles. The van der Waals surface area contributed by atoms with Crippen molar-refractivity contribution in [2.75, 3.05) is 26.1 Å². The minimum Gasteiger partial charge on any atom is -0.504 e. The molecule has 2 aromatic carbocycles. The van der Waals surface area contributed by atoms with Crippen LogP contribution in [0.3, 0.4) is 0 Å². The van der Waals surface area contributed by atoms with E-state index in [1.165, 1.54) is 18.4 Å². The number of hydrogen-bond donors (Lipinski definition) is 1. The summed E-state index contributed by atoms with van der Waals surface area (Å²) >= 11 is 1.46. The number of fused-ring (bicyclic) bond motifs is 1. The first kappa shape index (κ1) is 18.0. The minimum atomic E-state index is 0.114. The number of aromatic nitrogens is 4. The predicted molar refractivity (Wildman–Crippen MR) is 112 cm³/mol. The van der Waals surface area contributed by atoms with Crippen LogP contribution in [0.2, 0.25) is 0 Å². The summed E-state index contributed by atoms with van der Waals surface area (Å²) < 4.78 is 6.90. The zero-order valence-electron chi connectivity index (χ0n) is 15.7. The fourth-order valence-electron chi connectivity index (χ4n) is 2.75. The normalized spacial score (nSPS) is 11.4. The Morgan fingerprint density at radius 2 is 1.86 bits per heavy atom. The number of aromatic hydroxyl groups is 1. The van der Waals surface area contributed by atoms with E-state index in [1.54, 1.807) is 16.6 Å². The molecule has 0 saturated heterocycles. The maximum atomic E-state index is 9.69. The van der Waals surface area contributed by atoms with Gasteiger partial charge in [0.25, 0.3) is 0 Å². The average Bonchev–Trinajstić information content (AvgIpc) is 3.27. The topological polar surface area (TPSA) is 75.8 Å². The van der Waals surface area contributed by atoms with Gasteiger partial charge in [0.05, 0.1) is 7.11 Å². The van der Waals surface area contributed by atoms with E-state index in [2.05, 4.69) is 15.3 Å². The second-order valence-corrected chi connectivity index (χ2v) is 7.35. The van der Waals surface area contributed by atoms with Crippen LogP contribution in [0.4, 0.5) is 5.69 Å². The number of rotatable bonds is 5. The first-order chi connectivity index (χ1) is 13.5. The molecule has 0 atom stereocenters. The summed E-state index contributed by atoms with van der Waals surface area (Å²) in [6.07, 6.45) is 3.82. The van der Waals surface area contributed by atoms with Gasteiger partial charge in [-0.1, -0.05) is 23.5 Å². The lowest BCUT2D eigenvalue weighted by atomic mass is 10.2. The van der Waals surface area contributed by atoms with Crippen LogP contribution < -0.4 is 9.64 Å². The summed E-state index contributed by atoms with van der Waals surface area (Å²) in [5.74, 6) is 1.26. The van der Waals surface area contributed by atoms with Crippen molar-refractivity contribution in [2.45, 2.75) is 0 Å². The molecule has 0 unspecified atom stereocenters. The van der Waals surface area contributed by atoms with Crippen molar-refractivity contribution in [2.24, 2.45) is 0 Å². The molecular weight excluding hydrogens is 374 g/mol. The van der Waals surface area contributed by atoms with Gasteiger partial charge >= 0.3 is 0 Å². The van der Waals surface area contributed by atoms with E-state index in [4.69, 9.17) is 4.74 Å². The van der Waals surface area contributed by atoms with Gasteiger partial charge in [-0.05, 0) is 48.0 Å². The maximum Gasteiger partial charge on any atom is 0.235 e. The van der Waals surface area contributed by atoms with Gasteiger partial charge in [-0.3, -0.25) is 0 Å². The third-order valence-electron chi connectivity index (χ3n) is 4.27. The number of phenols is 1. The monoisotopic (exact) mass is 393 g/mol. The summed E-state index contributed by atoms with van der Waals surface area (Å²) in [6, 6.07) is 13.3. The summed E-state index contributed by atoms with van der Waals surface area (Å²) in [7, 11) is 5.54. The van der Waals surface area contributed by atoms with E-state index in [1.807, 2.05) is 61.5 Å². The van der Waals surface area contributed by atoms with E-state index >= 15 is 0 Å². The summed E-state index contributed by atoms with van der Waals surface area (Å²) in [6.45, 7) is 0. The summed E-state index contributed by atoms with van der Waals surface area (Å²) in [5.41, 5.74) is 2.98. The first-order valence-electron chi connectivity index (χ1n) is 8.60. The van der Waals surface area contributed by atoms with Crippen molar-refractivity contribution in [3.05, 3.63) is 53.0 Å². The van der Waals surface area contributed by atoms with Gasteiger partial charge in [0.2, 0.25) is 4.96 Å². The SMILES string of the molecule is COc1cc(/C=C/c2nn3c(-c4ccc(N(C)C)cc4)nnc3s2)ccc1O. The molecule has 2 heterocycles. The number of anilines is 1. The standard InChI is InChI=1S/C20H19N5O2S/c1-24(2)15-8-6-14(7-9-15)19-21-22-20-25(19)23-18(28-20)11-5-13-4-10-16(26)17(12-13)27-3/h4-12,26H,1-3H3/b11-5+. The maximum absolute atomic E-state index is 9.69. The van der Waals surface area contributed by atoms with Crippen molar-refractivity contribution >= 4 is 34.1 Å². The van der Waals surface area contributed by atoms with Crippen molar-refractivity contribution in [1.82, 2.24) is 19.8 Å². The lowest BCUT2D eigenvalue weighted by Crippen LogP contribution is -2.08. The summed E-state index contributed by atoms with van der Waals surface area (Å²) in [5, 5.41) is 23.6. The largest absolute Gasteiger partial charge is 0.504 e. The van der Waals surface area contributed by atoms with Crippen LogP contribution in [-0.4, -0.2) is 46.1 Å².